The van der Waals surface area contributed by atoms with Crippen LogP contribution in [0.2, 0.25) is 0 Å². The van der Waals surface area contributed by atoms with E-state index in [0.29, 0.717) is 7.55 Å². The Balaban J connectivity index is 2.61. The first-order valence-electron chi connectivity index (χ1n) is 1.23. The molecule has 0 aromatic carbocycles. The molecule has 1 heterocycles. The molecule has 24 valence electrons. The van der Waals surface area contributed by atoms with Crippen molar-refractivity contribution in [3.05, 3.63) is 0 Å². The molecule has 0 radical (unpaired) electrons. The SMILES string of the molecule is B1N=NN=N1. The molecule has 5 heavy (non-hydrogen) atoms. The fraction of sp³-hybridized carbons (Fsp3) is 0. The summed E-state index contributed by atoms with van der Waals surface area (Å²) in [5.74, 6) is 0. The van der Waals surface area contributed by atoms with Crippen LogP contribution in [-0.2, 0) is 0 Å². The fourth-order valence-electron chi connectivity index (χ4n) is 0.141. The van der Waals surface area contributed by atoms with Gasteiger partial charge in [0.05, 0.1) is 0 Å². The maximum absolute atomic E-state index is 3.38. The average molecular weight is 67.8 g/mol. The van der Waals surface area contributed by atoms with Crippen LogP contribution in [0.4, 0.5) is 0 Å². The zero-order chi connectivity index (χ0) is 3.54. The molecule has 0 atom stereocenters. The summed E-state index contributed by atoms with van der Waals surface area (Å²) in [4.78, 5) is 0. The third kappa shape index (κ3) is 0.287. The maximum Gasteiger partial charge on any atom is 0.450 e. The minimum absolute atomic E-state index is 0.417. The second kappa shape index (κ2) is 0.921. The van der Waals surface area contributed by atoms with E-state index in [1.807, 2.05) is 0 Å². The first-order valence-corrected chi connectivity index (χ1v) is 1.23. The molecule has 0 aromatic rings. The highest BCUT2D eigenvalue weighted by molar-refractivity contribution is 6.30. The Hall–Kier alpha value is -0.735. The average Bonchev–Trinajstić information content (AvgIpc) is 1.76. The molecule has 4 nitrogen and oxygen atoms in total. The van der Waals surface area contributed by atoms with Crippen molar-refractivity contribution in [3.8, 4) is 0 Å². The van der Waals surface area contributed by atoms with Crippen molar-refractivity contribution in [1.29, 1.82) is 0 Å². The van der Waals surface area contributed by atoms with Gasteiger partial charge in [-0.1, -0.05) is 0 Å². The smallest absolute Gasteiger partial charge is 0.202 e. The molecule has 0 aromatic heterocycles. The van der Waals surface area contributed by atoms with Crippen molar-refractivity contribution in [1.82, 2.24) is 0 Å². The van der Waals surface area contributed by atoms with E-state index in [1.165, 1.54) is 0 Å². The molecular weight excluding hydrogens is 66.8 g/mol. The highest BCUT2D eigenvalue weighted by Crippen LogP contribution is 1.84. The fourth-order valence-corrected chi connectivity index (χ4v) is 0.141. The number of hydrogen-bond acceptors (Lipinski definition) is 4. The Labute approximate surface area is 29.3 Å². The summed E-state index contributed by atoms with van der Waals surface area (Å²) in [6.07, 6.45) is 0. The van der Waals surface area contributed by atoms with Crippen LogP contribution >= 0.6 is 0 Å². The van der Waals surface area contributed by atoms with Gasteiger partial charge in [-0.05, 0) is 10.4 Å². The zero-order valence-electron chi connectivity index (χ0n) is 2.50. The molecular formula is HBN4. The summed E-state index contributed by atoms with van der Waals surface area (Å²) in [7, 11) is 0.417. The Kier molecular flexibility index (Phi) is 0.460. The first kappa shape index (κ1) is 2.50. The van der Waals surface area contributed by atoms with Crippen molar-refractivity contribution in [2.45, 2.75) is 0 Å². The molecule has 0 unspecified atom stereocenters. The lowest BCUT2D eigenvalue weighted by atomic mass is 10.3. The van der Waals surface area contributed by atoms with Gasteiger partial charge in [-0.15, -0.1) is 0 Å². The highest BCUT2D eigenvalue weighted by Gasteiger charge is 1.83. The summed E-state index contributed by atoms with van der Waals surface area (Å²) in [6.45, 7) is 0. The largest absolute Gasteiger partial charge is 0.450 e. The van der Waals surface area contributed by atoms with E-state index in [1.54, 1.807) is 0 Å². The topological polar surface area (TPSA) is 49.4 Å². The summed E-state index contributed by atoms with van der Waals surface area (Å²) < 4.78 is 0. The Morgan fingerprint density at radius 2 is 1.60 bits per heavy atom. The van der Waals surface area contributed by atoms with Crippen LogP contribution in [0.15, 0.2) is 20.5 Å². The van der Waals surface area contributed by atoms with Crippen molar-refractivity contribution < 1.29 is 0 Å². The van der Waals surface area contributed by atoms with Crippen LogP contribution in [0.1, 0.15) is 0 Å². The van der Waals surface area contributed by atoms with E-state index in [-0.39, 0.29) is 0 Å². The van der Waals surface area contributed by atoms with Gasteiger partial charge in [-0.3, -0.25) is 0 Å². The minimum atomic E-state index is 0.417. The predicted molar refractivity (Wildman–Crippen MR) is 16.9 cm³/mol. The Morgan fingerprint density at radius 1 is 1.00 bits per heavy atom. The number of rotatable bonds is 0. The van der Waals surface area contributed by atoms with Crippen LogP contribution < -0.4 is 0 Å². The summed E-state index contributed by atoms with van der Waals surface area (Å²) in [6, 6.07) is 0. The minimum Gasteiger partial charge on any atom is -0.202 e. The van der Waals surface area contributed by atoms with Crippen LogP contribution in [0.3, 0.4) is 0 Å². The molecule has 0 bridgehead atoms. The monoisotopic (exact) mass is 68.0 g/mol. The van der Waals surface area contributed by atoms with Crippen LogP contribution in [0, 0.1) is 0 Å². The molecule has 0 amide bonds. The molecule has 1 aliphatic heterocycles. The maximum atomic E-state index is 3.38. The zero-order valence-corrected chi connectivity index (χ0v) is 2.50. The molecule has 0 spiro atoms. The second-order valence-electron chi connectivity index (χ2n) is 0.603. The summed E-state index contributed by atoms with van der Waals surface area (Å²) >= 11 is 0. The van der Waals surface area contributed by atoms with E-state index < -0.39 is 0 Å². The Morgan fingerprint density at radius 3 is 1.80 bits per heavy atom. The van der Waals surface area contributed by atoms with Crippen LogP contribution in [0.5, 0.6) is 0 Å². The van der Waals surface area contributed by atoms with Gasteiger partial charge in [-0.2, -0.15) is 0 Å². The van der Waals surface area contributed by atoms with Crippen molar-refractivity contribution in [2.24, 2.45) is 20.5 Å². The summed E-state index contributed by atoms with van der Waals surface area (Å²) in [5, 5.41) is 13.1. The lowest BCUT2D eigenvalue weighted by Crippen LogP contribution is -1.61. The molecule has 0 saturated carbocycles. The second-order valence-corrected chi connectivity index (χ2v) is 0.603. The van der Waals surface area contributed by atoms with E-state index in [4.69, 9.17) is 0 Å². The van der Waals surface area contributed by atoms with Gasteiger partial charge in [0.2, 0.25) is 0 Å². The standard InChI is InChI=1S/BHN4/c1-2-4-5-3-1/h1H. The molecule has 0 saturated heterocycles. The molecule has 0 N–H and O–H groups in total. The van der Waals surface area contributed by atoms with E-state index in [2.05, 4.69) is 20.5 Å². The van der Waals surface area contributed by atoms with Gasteiger partial charge in [0.15, 0.2) is 0 Å². The molecule has 0 aliphatic carbocycles. The normalized spacial score (nSPS) is 16.0. The van der Waals surface area contributed by atoms with E-state index >= 15 is 0 Å². The van der Waals surface area contributed by atoms with Gasteiger partial charge in [0.1, 0.15) is 0 Å². The molecule has 1 aliphatic rings. The van der Waals surface area contributed by atoms with Gasteiger partial charge >= 0.3 is 7.55 Å². The highest BCUT2D eigenvalue weighted by atomic mass is 15.5. The third-order valence-corrected chi connectivity index (χ3v) is 0.293. The summed E-state index contributed by atoms with van der Waals surface area (Å²) in [5.41, 5.74) is 0. The van der Waals surface area contributed by atoms with Crippen molar-refractivity contribution in [3.63, 3.8) is 0 Å². The van der Waals surface area contributed by atoms with Crippen LogP contribution in [0.25, 0.3) is 0 Å². The van der Waals surface area contributed by atoms with Crippen molar-refractivity contribution >= 4 is 7.55 Å². The molecule has 5 heteroatoms. The van der Waals surface area contributed by atoms with E-state index in [9.17, 15) is 0 Å². The van der Waals surface area contributed by atoms with E-state index in [0.717, 1.165) is 0 Å². The first-order chi connectivity index (χ1) is 2.50. The lowest BCUT2D eigenvalue weighted by molar-refractivity contribution is 1.06. The third-order valence-electron chi connectivity index (χ3n) is 0.293. The Bertz CT molecular complexity index is 61.7. The van der Waals surface area contributed by atoms with Gasteiger partial charge < -0.3 is 0 Å². The lowest BCUT2D eigenvalue weighted by Gasteiger charge is -1.46. The number of hydrogen-bond donors (Lipinski definition) is 0. The quantitative estimate of drug-likeness (QED) is 0.361. The van der Waals surface area contributed by atoms with Crippen molar-refractivity contribution in [2.75, 3.05) is 0 Å². The predicted octanol–water partition coefficient (Wildman–Crippen LogP) is 0.0859. The molecule has 0 fully saturated rings. The van der Waals surface area contributed by atoms with Gasteiger partial charge in [0, 0.05) is 0 Å². The molecule has 1 rings (SSSR count). The van der Waals surface area contributed by atoms with Crippen LogP contribution in [-0.4, -0.2) is 7.55 Å². The van der Waals surface area contributed by atoms with Gasteiger partial charge in [0.25, 0.3) is 0 Å². The number of nitrogens with zero attached hydrogens (tertiary/aromatic N) is 4. The van der Waals surface area contributed by atoms with Gasteiger partial charge in [-0.25, -0.2) is 10.1 Å².